The zero-order chi connectivity index (χ0) is 12.1. The number of nitrogens with zero attached hydrogens (tertiary/aromatic N) is 2. The summed E-state index contributed by atoms with van der Waals surface area (Å²) in [7, 11) is 0. The first-order valence-electron chi connectivity index (χ1n) is 4.00. The first-order chi connectivity index (χ1) is 7.58. The number of nitriles is 2. The van der Waals surface area contributed by atoms with E-state index in [1.165, 1.54) is 0 Å². The van der Waals surface area contributed by atoms with Crippen LogP contribution in [0.25, 0.3) is 0 Å². The zero-order valence-corrected chi connectivity index (χ0v) is 8.52. The summed E-state index contributed by atoms with van der Waals surface area (Å²) in [6, 6.07) is 4.74. The molecule has 0 saturated heterocycles. The van der Waals surface area contributed by atoms with E-state index in [0.717, 1.165) is 12.3 Å². The maximum absolute atomic E-state index is 13.0. The monoisotopic (exact) mass is 239 g/mol. The topological polar surface area (TPSA) is 59.6 Å². The van der Waals surface area contributed by atoms with Crippen LogP contribution in [0.3, 0.4) is 0 Å². The fourth-order valence-electron chi connectivity index (χ4n) is 0.900. The molecule has 0 spiro atoms. The summed E-state index contributed by atoms with van der Waals surface area (Å²) in [5.41, 5.74) is -0.289. The highest BCUT2D eigenvalue weighted by Crippen LogP contribution is 2.26. The molecule has 0 aliphatic heterocycles. The lowest BCUT2D eigenvalue weighted by Gasteiger charge is -2.04. The Morgan fingerprint density at radius 1 is 1.31 bits per heavy atom. The van der Waals surface area contributed by atoms with Gasteiger partial charge in [-0.3, -0.25) is 0 Å². The van der Waals surface area contributed by atoms with E-state index in [2.05, 4.69) is 5.32 Å². The summed E-state index contributed by atoms with van der Waals surface area (Å²) >= 11 is 5.54. The second-order valence-electron chi connectivity index (χ2n) is 2.68. The lowest BCUT2D eigenvalue weighted by Crippen LogP contribution is -1.94. The number of hydrogen-bond donors (Lipinski definition) is 1. The van der Waals surface area contributed by atoms with Crippen LogP contribution in [0.2, 0.25) is 5.02 Å². The molecule has 0 radical (unpaired) electrons. The molecule has 0 fully saturated rings. The molecule has 0 unspecified atom stereocenters. The molecule has 1 N–H and O–H groups in total. The van der Waals surface area contributed by atoms with Crippen molar-refractivity contribution in [3.8, 4) is 12.1 Å². The Morgan fingerprint density at radius 3 is 2.50 bits per heavy atom. The van der Waals surface area contributed by atoms with Crippen molar-refractivity contribution in [2.75, 3.05) is 5.32 Å². The van der Waals surface area contributed by atoms with Crippen LogP contribution in [0.5, 0.6) is 0 Å². The maximum Gasteiger partial charge on any atom is 0.146 e. The Morgan fingerprint density at radius 2 is 1.94 bits per heavy atom. The van der Waals surface area contributed by atoms with Crippen molar-refractivity contribution >= 4 is 17.3 Å². The Bertz CT molecular complexity index is 510. The van der Waals surface area contributed by atoms with Crippen LogP contribution in [-0.2, 0) is 0 Å². The van der Waals surface area contributed by atoms with Gasteiger partial charge in [-0.15, -0.1) is 0 Å². The van der Waals surface area contributed by atoms with Gasteiger partial charge in [0.2, 0.25) is 0 Å². The highest BCUT2D eigenvalue weighted by Gasteiger charge is 2.08. The Labute approximate surface area is 95.2 Å². The van der Waals surface area contributed by atoms with E-state index in [4.69, 9.17) is 22.1 Å². The van der Waals surface area contributed by atoms with Crippen molar-refractivity contribution < 1.29 is 8.78 Å². The van der Waals surface area contributed by atoms with Crippen LogP contribution in [0.15, 0.2) is 23.9 Å². The van der Waals surface area contributed by atoms with Crippen LogP contribution in [0, 0.1) is 34.3 Å². The Hall–Kier alpha value is -2.11. The number of allylic oxidation sites excluding steroid dienone is 1. The fourth-order valence-corrected chi connectivity index (χ4v) is 1.06. The minimum Gasteiger partial charge on any atom is -0.358 e. The number of hydrogen-bond acceptors (Lipinski definition) is 3. The molecule has 0 amide bonds. The smallest absolute Gasteiger partial charge is 0.146 e. The molecule has 3 nitrogen and oxygen atoms in total. The second-order valence-corrected chi connectivity index (χ2v) is 3.05. The molecule has 0 aliphatic carbocycles. The quantitative estimate of drug-likeness (QED) is 0.638. The first kappa shape index (κ1) is 12.0. The number of nitrogens with one attached hydrogen (secondary N) is 1. The normalized spacial score (nSPS) is 8.81. The molecular weight excluding hydrogens is 236 g/mol. The van der Waals surface area contributed by atoms with Gasteiger partial charge in [-0.25, -0.2) is 8.78 Å². The van der Waals surface area contributed by atoms with E-state index in [9.17, 15) is 8.78 Å². The standard InChI is InChI=1S/C10H4ClF2N3/c11-10-8(13)1-7(12)2-9(10)16-5-6(3-14)4-15/h1-2,5,16H. The minimum atomic E-state index is -0.923. The summed E-state index contributed by atoms with van der Waals surface area (Å²) in [4.78, 5) is 0. The predicted molar refractivity (Wildman–Crippen MR) is 54.3 cm³/mol. The number of benzene rings is 1. The molecule has 1 rings (SSSR count). The van der Waals surface area contributed by atoms with Crippen molar-refractivity contribution in [3.63, 3.8) is 0 Å². The minimum absolute atomic E-state index is 0.0535. The molecule has 1 aromatic carbocycles. The van der Waals surface area contributed by atoms with Crippen LogP contribution < -0.4 is 5.32 Å². The largest absolute Gasteiger partial charge is 0.358 e. The molecule has 0 aliphatic rings. The van der Waals surface area contributed by atoms with E-state index in [0.29, 0.717) is 6.07 Å². The summed E-state index contributed by atoms with van der Waals surface area (Å²) in [5.74, 6) is -1.73. The van der Waals surface area contributed by atoms with Crippen LogP contribution in [-0.4, -0.2) is 0 Å². The van der Waals surface area contributed by atoms with Gasteiger partial charge in [0.05, 0.1) is 10.7 Å². The highest BCUT2D eigenvalue weighted by atomic mass is 35.5. The van der Waals surface area contributed by atoms with Gasteiger partial charge >= 0.3 is 0 Å². The van der Waals surface area contributed by atoms with Gasteiger partial charge in [0, 0.05) is 12.3 Å². The van der Waals surface area contributed by atoms with Crippen molar-refractivity contribution in [2.24, 2.45) is 0 Å². The third-order valence-electron chi connectivity index (χ3n) is 1.61. The van der Waals surface area contributed by atoms with Crippen molar-refractivity contribution in [1.82, 2.24) is 0 Å². The van der Waals surface area contributed by atoms with E-state index < -0.39 is 11.6 Å². The third kappa shape index (κ3) is 2.69. The van der Waals surface area contributed by atoms with Crippen molar-refractivity contribution in [1.29, 1.82) is 10.5 Å². The Balaban J connectivity index is 3.05. The summed E-state index contributed by atoms with van der Waals surface area (Å²) < 4.78 is 25.8. The van der Waals surface area contributed by atoms with Gasteiger partial charge in [0.15, 0.2) is 0 Å². The highest BCUT2D eigenvalue weighted by molar-refractivity contribution is 6.33. The van der Waals surface area contributed by atoms with Gasteiger partial charge < -0.3 is 5.32 Å². The molecule has 1 aromatic rings. The molecule has 0 heterocycles. The van der Waals surface area contributed by atoms with Gasteiger partial charge in [-0.2, -0.15) is 10.5 Å². The fraction of sp³-hybridized carbons (Fsp3) is 0. The van der Waals surface area contributed by atoms with Crippen LogP contribution in [0.4, 0.5) is 14.5 Å². The van der Waals surface area contributed by atoms with Gasteiger partial charge in [0.1, 0.15) is 29.3 Å². The lowest BCUT2D eigenvalue weighted by atomic mass is 10.3. The average molecular weight is 240 g/mol. The van der Waals surface area contributed by atoms with E-state index >= 15 is 0 Å². The molecule has 0 aromatic heterocycles. The predicted octanol–water partition coefficient (Wildman–Crippen LogP) is 2.96. The van der Waals surface area contributed by atoms with E-state index in [1.54, 1.807) is 12.1 Å². The molecule has 0 bridgehead atoms. The summed E-state index contributed by atoms with van der Waals surface area (Å²) in [6.45, 7) is 0. The molecular formula is C10H4ClF2N3. The second kappa shape index (κ2) is 5.11. The van der Waals surface area contributed by atoms with E-state index in [1.807, 2.05) is 0 Å². The lowest BCUT2D eigenvalue weighted by molar-refractivity contribution is 0.584. The Kier molecular flexibility index (Phi) is 3.82. The molecule has 6 heteroatoms. The zero-order valence-electron chi connectivity index (χ0n) is 7.76. The summed E-state index contributed by atoms with van der Waals surface area (Å²) in [5, 5.41) is 18.9. The van der Waals surface area contributed by atoms with Gasteiger partial charge in [-0.1, -0.05) is 11.6 Å². The summed E-state index contributed by atoms with van der Waals surface area (Å²) in [6.07, 6.45) is 1.01. The SMILES string of the molecule is N#CC(C#N)=CNc1cc(F)cc(F)c1Cl. The first-order valence-corrected chi connectivity index (χ1v) is 4.37. The van der Waals surface area contributed by atoms with Crippen LogP contribution in [0.1, 0.15) is 0 Å². The maximum atomic E-state index is 13.0. The molecule has 0 atom stereocenters. The van der Waals surface area contributed by atoms with Gasteiger partial charge in [-0.05, 0) is 6.07 Å². The molecule has 80 valence electrons. The molecule has 0 saturated carbocycles. The van der Waals surface area contributed by atoms with Crippen molar-refractivity contribution in [3.05, 3.63) is 40.6 Å². The number of halogens is 3. The van der Waals surface area contributed by atoms with E-state index in [-0.39, 0.29) is 16.3 Å². The third-order valence-corrected chi connectivity index (χ3v) is 1.99. The van der Waals surface area contributed by atoms with Crippen molar-refractivity contribution in [2.45, 2.75) is 0 Å². The van der Waals surface area contributed by atoms with Gasteiger partial charge in [0.25, 0.3) is 0 Å². The average Bonchev–Trinajstić information content (AvgIpc) is 2.26. The number of rotatable bonds is 2. The number of anilines is 1. The van der Waals surface area contributed by atoms with Crippen LogP contribution >= 0.6 is 11.6 Å². The molecule has 16 heavy (non-hydrogen) atoms.